The summed E-state index contributed by atoms with van der Waals surface area (Å²) in [6.07, 6.45) is 3.71. The molecule has 0 unspecified atom stereocenters. The van der Waals surface area contributed by atoms with Crippen molar-refractivity contribution in [2.45, 2.75) is 50.0 Å². The molecule has 0 aliphatic carbocycles. The van der Waals surface area contributed by atoms with Crippen molar-refractivity contribution in [3.05, 3.63) is 0 Å². The summed E-state index contributed by atoms with van der Waals surface area (Å²) in [4.78, 5) is 29.5. The van der Waals surface area contributed by atoms with E-state index in [1.165, 1.54) is 11.8 Å². The fourth-order valence-electron chi connectivity index (χ4n) is 3.33. The molecule has 0 amide bonds. The fourth-order valence-corrected chi connectivity index (χ4v) is 4.32. The highest BCUT2D eigenvalue weighted by Crippen LogP contribution is 2.41. The van der Waals surface area contributed by atoms with Crippen LogP contribution in [0.15, 0.2) is 0 Å². The lowest BCUT2D eigenvalue weighted by Gasteiger charge is -2.28. The number of fused-ring (bicyclic) bond motifs is 3. The van der Waals surface area contributed by atoms with Crippen molar-refractivity contribution < 1.29 is 19.2 Å². The number of hydrogen-bond acceptors (Lipinski definition) is 6. The average Bonchev–Trinajstić information content (AvgIpc) is 2.69. The van der Waals surface area contributed by atoms with Crippen LogP contribution in [-0.4, -0.2) is 46.7 Å². The Balaban J connectivity index is 1.83. The van der Waals surface area contributed by atoms with Crippen LogP contribution >= 0.6 is 11.8 Å². The summed E-state index contributed by atoms with van der Waals surface area (Å²) in [5, 5.41) is 2.06. The molecule has 3 fully saturated rings. The minimum absolute atomic E-state index is 0.0274. The maximum atomic E-state index is 12.2. The van der Waals surface area contributed by atoms with Crippen LogP contribution in [0.2, 0.25) is 0 Å². The number of cyclic esters (lactones) is 1. The number of hydroxylamine groups is 2. The van der Waals surface area contributed by atoms with Gasteiger partial charge in [-0.3, -0.25) is 14.4 Å². The lowest BCUT2D eigenvalue weighted by Crippen LogP contribution is -2.40. The largest absolute Gasteiger partial charge is 0.465 e. The Labute approximate surface area is 116 Å². The lowest BCUT2D eigenvalue weighted by molar-refractivity contribution is -0.171. The molecule has 0 bridgehead atoms. The lowest BCUT2D eigenvalue weighted by atomic mass is 9.88. The van der Waals surface area contributed by atoms with Crippen molar-refractivity contribution in [3.63, 3.8) is 0 Å². The molecule has 3 saturated heterocycles. The third-order valence-electron chi connectivity index (χ3n) is 4.13. The van der Waals surface area contributed by atoms with E-state index in [4.69, 9.17) is 9.57 Å². The van der Waals surface area contributed by atoms with Gasteiger partial charge in [0.25, 0.3) is 0 Å². The number of hydrogen-bond donors (Lipinski definition) is 0. The summed E-state index contributed by atoms with van der Waals surface area (Å²) < 4.78 is 5.31. The zero-order chi connectivity index (χ0) is 13.4. The molecule has 19 heavy (non-hydrogen) atoms. The number of rotatable bonds is 1. The van der Waals surface area contributed by atoms with E-state index in [9.17, 15) is 9.59 Å². The summed E-state index contributed by atoms with van der Waals surface area (Å²) in [5.41, 5.74) is 0. The Kier molecular flexibility index (Phi) is 3.82. The number of carbonyl (C=O) groups is 2. The zero-order valence-corrected chi connectivity index (χ0v) is 11.9. The normalized spacial score (nSPS) is 39.1. The molecule has 6 heteroatoms. The van der Waals surface area contributed by atoms with E-state index >= 15 is 0 Å². The van der Waals surface area contributed by atoms with Crippen LogP contribution in [0.5, 0.6) is 0 Å². The summed E-state index contributed by atoms with van der Waals surface area (Å²) >= 11 is 1.29. The molecular weight excluding hydrogens is 266 g/mol. The first kappa shape index (κ1) is 13.4. The van der Waals surface area contributed by atoms with Crippen LogP contribution in [0.3, 0.4) is 0 Å². The summed E-state index contributed by atoms with van der Waals surface area (Å²) in [5.74, 6) is -0.370. The molecule has 0 N–H and O–H groups in total. The molecule has 3 aliphatic heterocycles. The number of piperidine rings is 1. The molecule has 0 spiro atoms. The van der Waals surface area contributed by atoms with Gasteiger partial charge in [0.15, 0.2) is 5.12 Å². The Bertz CT molecular complexity index is 389. The predicted octanol–water partition coefficient (Wildman–Crippen LogP) is 1.37. The van der Waals surface area contributed by atoms with Gasteiger partial charge in [-0.1, -0.05) is 18.2 Å². The minimum atomic E-state index is -0.223. The van der Waals surface area contributed by atoms with Crippen LogP contribution in [0.25, 0.3) is 0 Å². The average molecular weight is 285 g/mol. The van der Waals surface area contributed by atoms with E-state index in [1.807, 2.05) is 5.06 Å². The minimum Gasteiger partial charge on any atom is -0.465 e. The second-order valence-corrected chi connectivity index (χ2v) is 6.82. The molecule has 0 radical (unpaired) electrons. The Morgan fingerprint density at radius 2 is 2.21 bits per heavy atom. The molecule has 3 rings (SSSR count). The third-order valence-corrected chi connectivity index (χ3v) is 5.27. The van der Waals surface area contributed by atoms with Crippen molar-refractivity contribution in [1.29, 1.82) is 0 Å². The second-order valence-electron chi connectivity index (χ2n) is 5.40. The molecule has 5 nitrogen and oxygen atoms in total. The van der Waals surface area contributed by atoms with Gasteiger partial charge in [-0.25, -0.2) is 0 Å². The fraction of sp³-hybridized carbons (Fsp3) is 0.846. The van der Waals surface area contributed by atoms with E-state index in [-0.39, 0.29) is 34.4 Å². The van der Waals surface area contributed by atoms with Crippen LogP contribution in [0.4, 0.5) is 0 Å². The van der Waals surface area contributed by atoms with Gasteiger partial charge in [0, 0.05) is 18.7 Å². The number of nitrogens with zero attached hydrogens (tertiary/aromatic N) is 1. The van der Waals surface area contributed by atoms with Crippen LogP contribution in [0, 0.1) is 5.92 Å². The molecule has 106 valence electrons. The van der Waals surface area contributed by atoms with Gasteiger partial charge in [-0.2, -0.15) is 5.06 Å². The second kappa shape index (κ2) is 5.42. The predicted molar refractivity (Wildman–Crippen MR) is 70.3 cm³/mol. The Morgan fingerprint density at radius 3 is 3.00 bits per heavy atom. The van der Waals surface area contributed by atoms with Crippen LogP contribution in [-0.2, 0) is 19.2 Å². The third kappa shape index (κ3) is 2.53. The zero-order valence-electron chi connectivity index (χ0n) is 11.0. The highest BCUT2D eigenvalue weighted by molar-refractivity contribution is 8.14. The monoisotopic (exact) mass is 285 g/mol. The Morgan fingerprint density at radius 1 is 1.37 bits per heavy atom. The van der Waals surface area contributed by atoms with Gasteiger partial charge in [0.1, 0.15) is 12.0 Å². The highest BCUT2D eigenvalue weighted by atomic mass is 32.2. The first-order chi connectivity index (χ1) is 9.16. The van der Waals surface area contributed by atoms with Gasteiger partial charge in [0.05, 0.1) is 12.6 Å². The molecule has 3 heterocycles. The van der Waals surface area contributed by atoms with E-state index in [0.717, 1.165) is 25.8 Å². The number of carbonyl (C=O) groups excluding carboxylic acids is 2. The molecule has 0 aromatic carbocycles. The maximum absolute atomic E-state index is 12.2. The van der Waals surface area contributed by atoms with Crippen molar-refractivity contribution in [3.8, 4) is 0 Å². The van der Waals surface area contributed by atoms with Crippen molar-refractivity contribution in [2.24, 2.45) is 5.92 Å². The van der Waals surface area contributed by atoms with Gasteiger partial charge in [-0.15, -0.1) is 0 Å². The number of esters is 1. The van der Waals surface area contributed by atoms with E-state index in [0.29, 0.717) is 13.0 Å². The van der Waals surface area contributed by atoms with Gasteiger partial charge in [-0.05, 0) is 19.3 Å². The molecule has 0 aromatic rings. The molecule has 4 atom stereocenters. The first-order valence-electron chi connectivity index (χ1n) is 6.94. The molecular formula is C13H19NO4S. The van der Waals surface area contributed by atoms with Gasteiger partial charge in [0.2, 0.25) is 0 Å². The number of thioether (sulfide) groups is 1. The van der Waals surface area contributed by atoms with Crippen LogP contribution < -0.4 is 0 Å². The van der Waals surface area contributed by atoms with E-state index < -0.39 is 0 Å². The van der Waals surface area contributed by atoms with E-state index in [1.54, 1.807) is 6.92 Å². The topological polar surface area (TPSA) is 55.8 Å². The number of ether oxygens (including phenoxy) is 1. The highest BCUT2D eigenvalue weighted by Gasteiger charge is 2.53. The molecule has 0 saturated carbocycles. The standard InChI is InChI=1S/C13H19NO4S/c1-8(15)19-10-5-7-17-13(16)11-9-4-2-3-6-14(9)18-12(10)11/h9-12H,2-7H2,1H3/t9-,10-,11-,12-/m1/s1. The van der Waals surface area contributed by atoms with Crippen molar-refractivity contribution in [1.82, 2.24) is 5.06 Å². The maximum Gasteiger partial charge on any atom is 0.313 e. The first-order valence-corrected chi connectivity index (χ1v) is 7.82. The van der Waals surface area contributed by atoms with Crippen molar-refractivity contribution in [2.75, 3.05) is 13.2 Å². The van der Waals surface area contributed by atoms with Gasteiger partial charge >= 0.3 is 5.97 Å². The van der Waals surface area contributed by atoms with Crippen molar-refractivity contribution >= 4 is 22.8 Å². The molecule has 3 aliphatic rings. The summed E-state index contributed by atoms with van der Waals surface area (Å²) in [6.45, 7) is 2.84. The summed E-state index contributed by atoms with van der Waals surface area (Å²) in [6, 6.07) is 0.138. The van der Waals surface area contributed by atoms with Gasteiger partial charge < -0.3 is 4.74 Å². The molecule has 0 aromatic heterocycles. The quantitative estimate of drug-likeness (QED) is 0.678. The SMILES string of the molecule is CC(=O)S[C@@H]1CCOC(=O)[C@H]2[C@@H]1ON1CCCC[C@H]21. The van der Waals surface area contributed by atoms with Crippen LogP contribution in [0.1, 0.15) is 32.6 Å². The smallest absolute Gasteiger partial charge is 0.313 e. The Hall–Kier alpha value is -0.590. The van der Waals surface area contributed by atoms with E-state index in [2.05, 4.69) is 0 Å². The summed E-state index contributed by atoms with van der Waals surface area (Å²) in [7, 11) is 0.